The second kappa shape index (κ2) is 5.44. The van der Waals surface area contributed by atoms with Gasteiger partial charge in [0.15, 0.2) is 0 Å². The topological polar surface area (TPSA) is 66.8 Å². The molecule has 2 aliphatic heterocycles. The molecule has 110 valence electrons. The molecule has 0 aliphatic carbocycles. The monoisotopic (exact) mass is 297 g/mol. The highest BCUT2D eigenvalue weighted by Gasteiger charge is 2.38. The second-order valence-electron chi connectivity index (χ2n) is 5.51. The minimum Gasteiger partial charge on any atom is -0.392 e. The average molecular weight is 297 g/mol. The molecule has 5 nitrogen and oxygen atoms in total. The van der Waals surface area contributed by atoms with Crippen molar-refractivity contribution < 1.29 is 18.3 Å². The minimum atomic E-state index is -3.29. The van der Waals surface area contributed by atoms with E-state index in [1.54, 1.807) is 28.6 Å². The SMILES string of the molecule is O=S(=O)(Cc1ccc(CO)cc1)N1CC2CCC(C1)O2. The number of hydrogen-bond acceptors (Lipinski definition) is 4. The molecule has 0 spiro atoms. The Labute approximate surface area is 119 Å². The van der Waals surface area contributed by atoms with Crippen LogP contribution in [-0.2, 0) is 27.1 Å². The molecule has 1 aromatic rings. The van der Waals surface area contributed by atoms with Gasteiger partial charge in [-0.15, -0.1) is 0 Å². The molecule has 2 atom stereocenters. The number of nitrogens with zero attached hydrogens (tertiary/aromatic N) is 1. The first-order valence-corrected chi connectivity index (χ1v) is 8.50. The van der Waals surface area contributed by atoms with Gasteiger partial charge in [0, 0.05) is 13.1 Å². The van der Waals surface area contributed by atoms with Gasteiger partial charge in [-0.1, -0.05) is 24.3 Å². The molecule has 0 radical (unpaired) electrons. The van der Waals surface area contributed by atoms with Crippen LogP contribution in [0, 0.1) is 0 Å². The quantitative estimate of drug-likeness (QED) is 0.895. The molecule has 0 saturated carbocycles. The summed E-state index contributed by atoms with van der Waals surface area (Å²) in [6.07, 6.45) is 2.06. The molecule has 2 aliphatic rings. The highest BCUT2D eigenvalue weighted by atomic mass is 32.2. The third-order valence-electron chi connectivity index (χ3n) is 3.96. The molecule has 3 rings (SSSR count). The summed E-state index contributed by atoms with van der Waals surface area (Å²) in [6, 6.07) is 7.04. The second-order valence-corrected chi connectivity index (χ2v) is 7.47. The summed E-state index contributed by atoms with van der Waals surface area (Å²) >= 11 is 0. The van der Waals surface area contributed by atoms with Gasteiger partial charge in [-0.2, -0.15) is 4.31 Å². The predicted octanol–water partition coefficient (Wildman–Crippen LogP) is 0.872. The largest absolute Gasteiger partial charge is 0.392 e. The molecule has 2 bridgehead atoms. The van der Waals surface area contributed by atoms with E-state index in [4.69, 9.17) is 9.84 Å². The Kier molecular flexibility index (Phi) is 3.81. The van der Waals surface area contributed by atoms with Gasteiger partial charge >= 0.3 is 0 Å². The van der Waals surface area contributed by atoms with Crippen LogP contribution in [-0.4, -0.2) is 43.1 Å². The average Bonchev–Trinajstić information content (AvgIpc) is 2.77. The number of sulfonamides is 1. The maximum atomic E-state index is 12.4. The van der Waals surface area contributed by atoms with E-state index in [0.29, 0.717) is 13.1 Å². The Hall–Kier alpha value is -0.950. The van der Waals surface area contributed by atoms with Crippen molar-refractivity contribution in [2.45, 2.75) is 37.4 Å². The molecule has 2 saturated heterocycles. The molecular formula is C14H19NO4S. The summed E-state index contributed by atoms with van der Waals surface area (Å²) in [7, 11) is -3.29. The van der Waals surface area contributed by atoms with Crippen LogP contribution < -0.4 is 0 Å². The molecule has 1 N–H and O–H groups in total. The Morgan fingerprint density at radius 2 is 1.65 bits per heavy atom. The van der Waals surface area contributed by atoms with Gasteiger partial charge in [0.1, 0.15) is 0 Å². The molecule has 0 amide bonds. The van der Waals surface area contributed by atoms with Gasteiger partial charge in [0.05, 0.1) is 24.6 Å². The smallest absolute Gasteiger partial charge is 0.218 e. The maximum absolute atomic E-state index is 12.4. The van der Waals surface area contributed by atoms with Crippen LogP contribution in [0.1, 0.15) is 24.0 Å². The van der Waals surface area contributed by atoms with Gasteiger partial charge in [-0.3, -0.25) is 0 Å². The van der Waals surface area contributed by atoms with Crippen LogP contribution >= 0.6 is 0 Å². The number of ether oxygens (including phenoxy) is 1. The summed E-state index contributed by atoms with van der Waals surface area (Å²) in [5.41, 5.74) is 1.54. The zero-order valence-corrected chi connectivity index (χ0v) is 12.1. The highest BCUT2D eigenvalue weighted by molar-refractivity contribution is 7.88. The zero-order valence-electron chi connectivity index (χ0n) is 11.2. The Morgan fingerprint density at radius 1 is 1.10 bits per heavy atom. The summed E-state index contributed by atoms with van der Waals surface area (Å²) in [4.78, 5) is 0. The number of aliphatic hydroxyl groups is 1. The fourth-order valence-electron chi connectivity index (χ4n) is 2.85. The lowest BCUT2D eigenvalue weighted by molar-refractivity contribution is -0.0115. The maximum Gasteiger partial charge on any atom is 0.218 e. The lowest BCUT2D eigenvalue weighted by Gasteiger charge is -2.31. The first-order chi connectivity index (χ1) is 9.56. The summed E-state index contributed by atoms with van der Waals surface area (Å²) in [5, 5.41) is 8.99. The summed E-state index contributed by atoms with van der Waals surface area (Å²) in [6.45, 7) is 0.932. The molecular weight excluding hydrogens is 278 g/mol. The Balaban J connectivity index is 1.71. The summed E-state index contributed by atoms with van der Waals surface area (Å²) < 4.78 is 32.1. The van der Waals surface area contributed by atoms with Crippen molar-refractivity contribution in [1.29, 1.82) is 0 Å². The van der Waals surface area contributed by atoms with E-state index in [9.17, 15) is 8.42 Å². The zero-order chi connectivity index (χ0) is 14.2. The first kappa shape index (κ1) is 14.0. The van der Waals surface area contributed by atoms with Gasteiger partial charge in [0.25, 0.3) is 0 Å². The number of rotatable bonds is 4. The fourth-order valence-corrected chi connectivity index (χ4v) is 4.43. The first-order valence-electron chi connectivity index (χ1n) is 6.89. The summed E-state index contributed by atoms with van der Waals surface area (Å²) in [5.74, 6) is 0.0121. The number of benzene rings is 1. The standard InChI is InChI=1S/C14H19NO4S/c16-9-11-1-3-12(4-2-11)10-20(17,18)15-7-13-5-6-14(8-15)19-13/h1-4,13-14,16H,5-10H2. The van der Waals surface area contributed by atoms with Crippen LogP contribution in [0.5, 0.6) is 0 Å². The Bertz CT molecular complexity index is 557. The molecule has 0 aromatic heterocycles. The van der Waals surface area contributed by atoms with Gasteiger partial charge in [-0.05, 0) is 24.0 Å². The lowest BCUT2D eigenvalue weighted by Crippen LogP contribution is -2.46. The van der Waals surface area contributed by atoms with Crippen LogP contribution in [0.15, 0.2) is 24.3 Å². The number of hydrogen-bond donors (Lipinski definition) is 1. The van der Waals surface area contributed by atoms with Crippen LogP contribution in [0.4, 0.5) is 0 Å². The minimum absolute atomic E-state index is 0.0121. The third-order valence-corrected chi connectivity index (χ3v) is 5.74. The molecule has 1 aromatic carbocycles. The molecule has 6 heteroatoms. The van der Waals surface area contributed by atoms with Gasteiger partial charge < -0.3 is 9.84 Å². The number of aliphatic hydroxyl groups excluding tert-OH is 1. The highest BCUT2D eigenvalue weighted by Crippen LogP contribution is 2.28. The van der Waals surface area contributed by atoms with E-state index in [0.717, 1.165) is 24.0 Å². The van der Waals surface area contributed by atoms with E-state index < -0.39 is 10.0 Å². The van der Waals surface area contributed by atoms with Crippen molar-refractivity contribution in [1.82, 2.24) is 4.31 Å². The van der Waals surface area contributed by atoms with E-state index in [1.807, 2.05) is 0 Å². The van der Waals surface area contributed by atoms with E-state index in [1.165, 1.54) is 0 Å². The van der Waals surface area contributed by atoms with E-state index >= 15 is 0 Å². The third kappa shape index (κ3) is 2.88. The van der Waals surface area contributed by atoms with Crippen molar-refractivity contribution in [3.63, 3.8) is 0 Å². The molecule has 20 heavy (non-hydrogen) atoms. The van der Waals surface area contributed by atoms with Crippen molar-refractivity contribution in [2.75, 3.05) is 13.1 Å². The Morgan fingerprint density at radius 3 is 2.20 bits per heavy atom. The van der Waals surface area contributed by atoms with Gasteiger partial charge in [0.2, 0.25) is 10.0 Å². The van der Waals surface area contributed by atoms with Crippen LogP contribution in [0.25, 0.3) is 0 Å². The normalized spacial score (nSPS) is 26.9. The molecule has 2 fully saturated rings. The van der Waals surface area contributed by atoms with E-state index in [2.05, 4.69) is 0 Å². The van der Waals surface area contributed by atoms with Crippen molar-refractivity contribution >= 4 is 10.0 Å². The number of fused-ring (bicyclic) bond motifs is 2. The predicted molar refractivity (Wildman–Crippen MR) is 74.5 cm³/mol. The van der Waals surface area contributed by atoms with Gasteiger partial charge in [-0.25, -0.2) is 8.42 Å². The lowest BCUT2D eigenvalue weighted by atomic mass is 10.2. The van der Waals surface area contributed by atoms with Crippen molar-refractivity contribution in [3.05, 3.63) is 35.4 Å². The van der Waals surface area contributed by atoms with Crippen LogP contribution in [0.3, 0.4) is 0 Å². The van der Waals surface area contributed by atoms with Crippen molar-refractivity contribution in [3.8, 4) is 0 Å². The fraction of sp³-hybridized carbons (Fsp3) is 0.571. The molecule has 2 heterocycles. The van der Waals surface area contributed by atoms with E-state index in [-0.39, 0.29) is 24.6 Å². The van der Waals surface area contributed by atoms with Crippen LogP contribution in [0.2, 0.25) is 0 Å². The van der Waals surface area contributed by atoms with Crippen molar-refractivity contribution in [2.24, 2.45) is 0 Å². The molecule has 2 unspecified atom stereocenters. The number of morpholine rings is 1.